The highest BCUT2D eigenvalue weighted by atomic mass is 32.2. The highest BCUT2D eigenvalue weighted by Gasteiger charge is 2.23. The van der Waals surface area contributed by atoms with E-state index in [0.29, 0.717) is 29.6 Å². The van der Waals surface area contributed by atoms with Crippen LogP contribution in [0.5, 0.6) is 11.5 Å². The molecule has 3 aromatic carbocycles. The van der Waals surface area contributed by atoms with Crippen molar-refractivity contribution in [2.24, 2.45) is 11.0 Å². The van der Waals surface area contributed by atoms with Crippen molar-refractivity contribution in [3.8, 4) is 11.5 Å². The maximum absolute atomic E-state index is 12.8. The van der Waals surface area contributed by atoms with Crippen LogP contribution >= 0.6 is 0 Å². The summed E-state index contributed by atoms with van der Waals surface area (Å²) in [5.41, 5.74) is 2.14. The SMILES string of the molecule is COc1cc(/C=N\Nc2ccc(S(=O)(=O)Nc3ccccc3C(=O)O)cc2[N+](=O)[O-])ccc1OCCC(C)C. The minimum absolute atomic E-state index is 0.0539. The zero-order valence-corrected chi connectivity index (χ0v) is 22.3. The number of nitro groups is 1. The molecule has 0 saturated carbocycles. The number of anilines is 2. The second kappa shape index (κ2) is 12.7. The van der Waals surface area contributed by atoms with Crippen LogP contribution in [0.4, 0.5) is 17.1 Å². The topological polar surface area (TPSA) is 169 Å². The number of hydrazone groups is 1. The zero-order chi connectivity index (χ0) is 28.6. The van der Waals surface area contributed by atoms with E-state index in [1.165, 1.54) is 43.7 Å². The largest absolute Gasteiger partial charge is 0.493 e. The average Bonchev–Trinajstić information content (AvgIpc) is 2.89. The number of aromatic carboxylic acids is 1. The summed E-state index contributed by atoms with van der Waals surface area (Å²) in [5.74, 6) is 0.245. The van der Waals surface area contributed by atoms with Crippen LogP contribution in [0.3, 0.4) is 0 Å². The maximum atomic E-state index is 12.8. The molecule has 3 N–H and O–H groups in total. The quantitative estimate of drug-likeness (QED) is 0.149. The van der Waals surface area contributed by atoms with Gasteiger partial charge in [0.1, 0.15) is 5.69 Å². The van der Waals surface area contributed by atoms with Crippen LogP contribution in [-0.2, 0) is 10.0 Å². The Balaban J connectivity index is 1.78. The monoisotopic (exact) mass is 556 g/mol. The predicted octanol–water partition coefficient (Wildman–Crippen LogP) is 4.97. The van der Waals surface area contributed by atoms with E-state index in [1.807, 2.05) is 0 Å². The summed E-state index contributed by atoms with van der Waals surface area (Å²) in [6, 6.07) is 13.8. The summed E-state index contributed by atoms with van der Waals surface area (Å²) in [6.45, 7) is 4.74. The average molecular weight is 557 g/mol. The molecule has 0 radical (unpaired) electrons. The van der Waals surface area contributed by atoms with Crippen molar-refractivity contribution in [1.82, 2.24) is 0 Å². The lowest BCUT2D eigenvalue weighted by Crippen LogP contribution is -2.16. The number of para-hydroxylation sites is 1. The van der Waals surface area contributed by atoms with Gasteiger partial charge in [0.15, 0.2) is 11.5 Å². The van der Waals surface area contributed by atoms with Gasteiger partial charge in [-0.2, -0.15) is 5.10 Å². The van der Waals surface area contributed by atoms with Crippen molar-refractivity contribution >= 4 is 39.3 Å². The van der Waals surface area contributed by atoms with Crippen LogP contribution in [0.1, 0.15) is 36.2 Å². The molecule has 0 bridgehead atoms. The van der Waals surface area contributed by atoms with Crippen molar-refractivity contribution in [3.05, 3.63) is 81.9 Å². The lowest BCUT2D eigenvalue weighted by molar-refractivity contribution is -0.384. The van der Waals surface area contributed by atoms with Crippen molar-refractivity contribution in [1.29, 1.82) is 0 Å². The standard InChI is InChI=1S/C26H28N4O8S/c1-17(2)12-13-38-24-11-8-18(14-25(24)37-3)16-27-28-22-10-9-19(15-23(22)30(33)34)39(35,36)29-21-7-5-4-6-20(21)26(31)32/h4-11,14-17,28-29H,12-13H2,1-3H3,(H,31,32)/b27-16-. The number of carbonyl (C=O) groups is 1. The molecule has 206 valence electrons. The van der Waals surface area contributed by atoms with E-state index in [1.54, 1.807) is 18.2 Å². The number of nitrogens with zero attached hydrogens (tertiary/aromatic N) is 2. The van der Waals surface area contributed by atoms with Gasteiger partial charge >= 0.3 is 5.97 Å². The molecule has 0 aromatic heterocycles. The minimum Gasteiger partial charge on any atom is -0.493 e. The molecule has 0 aliphatic heterocycles. The number of nitro benzene ring substituents is 1. The Morgan fingerprint density at radius 1 is 1.10 bits per heavy atom. The smallest absolute Gasteiger partial charge is 0.337 e. The number of sulfonamides is 1. The summed E-state index contributed by atoms with van der Waals surface area (Å²) in [4.78, 5) is 21.9. The lowest BCUT2D eigenvalue weighted by atomic mass is 10.1. The van der Waals surface area contributed by atoms with Gasteiger partial charge < -0.3 is 14.6 Å². The number of nitrogens with one attached hydrogen (secondary N) is 2. The van der Waals surface area contributed by atoms with E-state index < -0.39 is 31.5 Å². The Labute approximate surface area is 225 Å². The minimum atomic E-state index is -4.34. The van der Waals surface area contributed by atoms with Gasteiger partial charge in [0, 0.05) is 6.07 Å². The van der Waals surface area contributed by atoms with Gasteiger partial charge in [0.25, 0.3) is 15.7 Å². The lowest BCUT2D eigenvalue weighted by Gasteiger charge is -2.12. The second-order valence-corrected chi connectivity index (χ2v) is 10.4. The second-order valence-electron chi connectivity index (χ2n) is 8.70. The van der Waals surface area contributed by atoms with E-state index in [0.717, 1.165) is 18.6 Å². The molecule has 12 nitrogen and oxygen atoms in total. The molecular formula is C26H28N4O8S. The number of rotatable bonds is 13. The summed E-state index contributed by atoms with van der Waals surface area (Å²) in [5, 5.41) is 25.0. The number of hydrogen-bond donors (Lipinski definition) is 3. The number of hydrogen-bond acceptors (Lipinski definition) is 9. The number of carboxylic acids is 1. The maximum Gasteiger partial charge on any atom is 0.337 e. The van der Waals surface area contributed by atoms with Gasteiger partial charge in [-0.3, -0.25) is 20.3 Å². The Kier molecular flexibility index (Phi) is 9.44. The highest BCUT2D eigenvalue weighted by molar-refractivity contribution is 7.92. The molecule has 0 spiro atoms. The molecule has 13 heteroatoms. The molecule has 0 saturated heterocycles. The molecule has 39 heavy (non-hydrogen) atoms. The summed E-state index contributed by atoms with van der Waals surface area (Å²) < 4.78 is 39.0. The van der Waals surface area contributed by atoms with Crippen LogP contribution in [0.15, 0.2) is 70.7 Å². The number of methoxy groups -OCH3 is 1. The van der Waals surface area contributed by atoms with Crippen LogP contribution in [0, 0.1) is 16.0 Å². The van der Waals surface area contributed by atoms with Gasteiger partial charge in [-0.05, 0) is 60.4 Å². The Bertz CT molecular complexity index is 1490. The van der Waals surface area contributed by atoms with E-state index in [4.69, 9.17) is 9.47 Å². The Morgan fingerprint density at radius 3 is 2.51 bits per heavy atom. The third-order valence-electron chi connectivity index (χ3n) is 5.42. The van der Waals surface area contributed by atoms with Crippen molar-refractivity contribution in [2.75, 3.05) is 23.9 Å². The third-order valence-corrected chi connectivity index (χ3v) is 6.78. The molecule has 0 atom stereocenters. The van der Waals surface area contributed by atoms with E-state index >= 15 is 0 Å². The molecule has 0 unspecified atom stereocenters. The van der Waals surface area contributed by atoms with E-state index in [9.17, 15) is 28.4 Å². The number of ether oxygens (including phenoxy) is 2. The summed E-state index contributed by atoms with van der Waals surface area (Å²) in [6.07, 6.45) is 2.31. The van der Waals surface area contributed by atoms with Gasteiger partial charge in [0.05, 0.1) is 41.0 Å². The van der Waals surface area contributed by atoms with E-state index in [2.05, 4.69) is 29.1 Å². The predicted molar refractivity (Wildman–Crippen MR) is 146 cm³/mol. The van der Waals surface area contributed by atoms with Crippen molar-refractivity contribution < 1.29 is 32.7 Å². The van der Waals surface area contributed by atoms with Gasteiger partial charge in [0.2, 0.25) is 0 Å². The van der Waals surface area contributed by atoms with Gasteiger partial charge in [-0.1, -0.05) is 26.0 Å². The van der Waals surface area contributed by atoms with Crippen molar-refractivity contribution in [3.63, 3.8) is 0 Å². The normalized spacial score (nSPS) is 11.4. The first kappa shape index (κ1) is 28.9. The number of benzene rings is 3. The fourth-order valence-electron chi connectivity index (χ4n) is 3.35. The molecule has 0 aliphatic carbocycles. The Hall–Kier alpha value is -4.65. The van der Waals surface area contributed by atoms with E-state index in [-0.39, 0.29) is 16.9 Å². The fraction of sp³-hybridized carbons (Fsp3) is 0.231. The first-order valence-electron chi connectivity index (χ1n) is 11.8. The first-order valence-corrected chi connectivity index (χ1v) is 13.2. The third kappa shape index (κ3) is 7.68. The van der Waals surface area contributed by atoms with Crippen LogP contribution < -0.4 is 19.6 Å². The molecule has 0 aliphatic rings. The summed E-state index contributed by atoms with van der Waals surface area (Å²) in [7, 11) is -2.83. The van der Waals surface area contributed by atoms with Crippen LogP contribution in [-0.4, -0.2) is 44.3 Å². The molecule has 0 amide bonds. The number of carboxylic acid groups (broad SMARTS) is 1. The fourth-order valence-corrected chi connectivity index (χ4v) is 4.45. The molecule has 3 aromatic rings. The molecule has 3 rings (SSSR count). The molecule has 0 fully saturated rings. The van der Waals surface area contributed by atoms with Crippen molar-refractivity contribution in [2.45, 2.75) is 25.2 Å². The summed E-state index contributed by atoms with van der Waals surface area (Å²) >= 11 is 0. The Morgan fingerprint density at radius 2 is 1.85 bits per heavy atom. The zero-order valence-electron chi connectivity index (χ0n) is 21.5. The van der Waals surface area contributed by atoms with Crippen LogP contribution in [0.2, 0.25) is 0 Å². The highest BCUT2D eigenvalue weighted by Crippen LogP contribution is 2.30. The molecule has 0 heterocycles. The van der Waals surface area contributed by atoms with Gasteiger partial charge in [-0.15, -0.1) is 0 Å². The molecular weight excluding hydrogens is 528 g/mol. The van der Waals surface area contributed by atoms with Crippen LogP contribution in [0.25, 0.3) is 0 Å². The first-order chi connectivity index (χ1) is 18.5. The van der Waals surface area contributed by atoms with Gasteiger partial charge in [-0.25, -0.2) is 13.2 Å².